The van der Waals surface area contributed by atoms with Gasteiger partial charge < -0.3 is 10.1 Å². The van der Waals surface area contributed by atoms with E-state index in [0.29, 0.717) is 17.2 Å². The summed E-state index contributed by atoms with van der Waals surface area (Å²) < 4.78 is 19.4. The molecule has 0 aliphatic heterocycles. The van der Waals surface area contributed by atoms with Gasteiger partial charge in [-0.1, -0.05) is 0 Å². The number of nitrogens with zero attached hydrogens (tertiary/aromatic N) is 2. The van der Waals surface area contributed by atoms with Crippen LogP contribution in [-0.4, -0.2) is 24.1 Å². The Morgan fingerprint density at radius 2 is 2.05 bits per heavy atom. The molecule has 2 rings (SSSR count). The number of benzene rings is 1. The number of ether oxygens (including phenoxy) is 1. The fourth-order valence-corrected chi connectivity index (χ4v) is 2.04. The monoisotopic (exact) mass is 325 g/mol. The number of anilines is 1. The number of hydrogen-bond donors (Lipinski definition) is 1. The molecule has 2 aromatic rings. The molecule has 0 aliphatic rings. The summed E-state index contributed by atoms with van der Waals surface area (Å²) in [5, 5.41) is 2.97. The first-order valence-corrected chi connectivity index (χ1v) is 6.42. The molecule has 0 radical (unpaired) electrons. The molecule has 0 atom stereocenters. The Hall–Kier alpha value is -1.69. The number of rotatable bonds is 3. The molecule has 0 aliphatic carbocycles. The number of halogens is 2. The number of methoxy groups -OCH3 is 1. The van der Waals surface area contributed by atoms with E-state index in [0.717, 1.165) is 10.2 Å². The van der Waals surface area contributed by atoms with E-state index in [1.165, 1.54) is 13.2 Å². The molecule has 0 saturated heterocycles. The summed E-state index contributed by atoms with van der Waals surface area (Å²) in [5.41, 5.74) is 1.39. The Morgan fingerprint density at radius 1 is 1.32 bits per heavy atom. The van der Waals surface area contributed by atoms with Crippen LogP contribution in [0.1, 0.15) is 5.69 Å². The zero-order valence-electron chi connectivity index (χ0n) is 10.8. The number of aryl methyl sites for hydroxylation is 1. The lowest BCUT2D eigenvalue weighted by molar-refractivity contribution is 0.386. The number of nitrogens with one attached hydrogen (secondary N) is 1. The molecule has 0 spiro atoms. The smallest absolute Gasteiger partial charge is 0.165 e. The van der Waals surface area contributed by atoms with Crippen LogP contribution in [0.25, 0.3) is 11.4 Å². The highest BCUT2D eigenvalue weighted by Crippen LogP contribution is 2.28. The minimum absolute atomic E-state index is 0.200. The van der Waals surface area contributed by atoms with Crippen LogP contribution in [0.5, 0.6) is 5.75 Å². The summed E-state index contributed by atoms with van der Waals surface area (Å²) in [6, 6.07) is 4.65. The maximum absolute atomic E-state index is 13.7. The summed E-state index contributed by atoms with van der Waals surface area (Å²) in [6.45, 7) is 1.86. The van der Waals surface area contributed by atoms with E-state index < -0.39 is 5.82 Å². The molecule has 4 nitrogen and oxygen atoms in total. The van der Waals surface area contributed by atoms with Gasteiger partial charge >= 0.3 is 0 Å². The zero-order valence-corrected chi connectivity index (χ0v) is 12.4. The van der Waals surface area contributed by atoms with Gasteiger partial charge in [-0.15, -0.1) is 0 Å². The van der Waals surface area contributed by atoms with E-state index in [1.54, 1.807) is 19.2 Å². The standard InChI is InChI=1S/C13H13BrFN3O/c1-7-11(14)13(16-2)18-12(17-7)8-4-5-10(19-3)9(15)6-8/h4-6H,1-3H3,(H,16,17,18). The second kappa shape index (κ2) is 5.52. The van der Waals surface area contributed by atoms with Gasteiger partial charge in [0.15, 0.2) is 17.4 Å². The first-order chi connectivity index (χ1) is 9.06. The van der Waals surface area contributed by atoms with Gasteiger partial charge in [-0.05, 0) is 41.1 Å². The minimum atomic E-state index is -0.435. The van der Waals surface area contributed by atoms with E-state index >= 15 is 0 Å². The molecule has 0 saturated carbocycles. The largest absolute Gasteiger partial charge is 0.494 e. The van der Waals surface area contributed by atoms with Gasteiger partial charge in [-0.3, -0.25) is 0 Å². The van der Waals surface area contributed by atoms with E-state index in [-0.39, 0.29) is 5.75 Å². The summed E-state index contributed by atoms with van der Waals surface area (Å²) >= 11 is 3.40. The van der Waals surface area contributed by atoms with Crippen LogP contribution >= 0.6 is 15.9 Å². The van der Waals surface area contributed by atoms with Gasteiger partial charge in [-0.2, -0.15) is 0 Å². The van der Waals surface area contributed by atoms with E-state index in [1.807, 2.05) is 6.92 Å². The predicted molar refractivity (Wildman–Crippen MR) is 76.0 cm³/mol. The third-order valence-electron chi connectivity index (χ3n) is 2.66. The van der Waals surface area contributed by atoms with Crippen molar-refractivity contribution in [3.63, 3.8) is 0 Å². The van der Waals surface area contributed by atoms with Crippen LogP contribution in [0.2, 0.25) is 0 Å². The van der Waals surface area contributed by atoms with Gasteiger partial charge in [0.05, 0.1) is 17.3 Å². The summed E-state index contributed by atoms with van der Waals surface area (Å²) in [5.74, 6) is 0.895. The molecular weight excluding hydrogens is 313 g/mol. The molecule has 1 aromatic heterocycles. The van der Waals surface area contributed by atoms with Crippen molar-refractivity contribution >= 4 is 21.7 Å². The maximum Gasteiger partial charge on any atom is 0.165 e. The molecule has 19 heavy (non-hydrogen) atoms. The third kappa shape index (κ3) is 2.68. The molecule has 1 N–H and O–H groups in total. The lowest BCUT2D eigenvalue weighted by Crippen LogP contribution is -2.01. The quantitative estimate of drug-likeness (QED) is 0.939. The van der Waals surface area contributed by atoms with Crippen molar-refractivity contribution in [2.45, 2.75) is 6.92 Å². The Balaban J connectivity index is 2.53. The average molecular weight is 326 g/mol. The van der Waals surface area contributed by atoms with E-state index in [2.05, 4.69) is 31.2 Å². The normalized spacial score (nSPS) is 10.4. The second-order valence-electron chi connectivity index (χ2n) is 3.89. The topological polar surface area (TPSA) is 47.0 Å². The van der Waals surface area contributed by atoms with Gasteiger partial charge in [-0.25, -0.2) is 14.4 Å². The van der Waals surface area contributed by atoms with Crippen molar-refractivity contribution in [1.82, 2.24) is 9.97 Å². The fourth-order valence-electron chi connectivity index (χ4n) is 1.66. The van der Waals surface area contributed by atoms with Crippen molar-refractivity contribution in [3.8, 4) is 17.1 Å². The summed E-state index contributed by atoms with van der Waals surface area (Å²) in [6.07, 6.45) is 0. The Bertz CT molecular complexity index is 619. The van der Waals surface area contributed by atoms with Gasteiger partial charge in [0.25, 0.3) is 0 Å². The predicted octanol–water partition coefficient (Wildman–Crippen LogP) is 3.40. The lowest BCUT2D eigenvalue weighted by atomic mass is 10.2. The van der Waals surface area contributed by atoms with Crippen molar-refractivity contribution in [1.29, 1.82) is 0 Å². The summed E-state index contributed by atoms with van der Waals surface area (Å²) in [7, 11) is 3.20. The molecule has 0 bridgehead atoms. The average Bonchev–Trinajstić information content (AvgIpc) is 2.41. The van der Waals surface area contributed by atoms with E-state index in [9.17, 15) is 4.39 Å². The van der Waals surface area contributed by atoms with Gasteiger partial charge in [0, 0.05) is 12.6 Å². The molecule has 6 heteroatoms. The van der Waals surface area contributed by atoms with Crippen LogP contribution < -0.4 is 10.1 Å². The SMILES string of the molecule is CNc1nc(-c2ccc(OC)c(F)c2)nc(C)c1Br. The minimum Gasteiger partial charge on any atom is -0.494 e. The van der Waals surface area contributed by atoms with Gasteiger partial charge in [0.2, 0.25) is 0 Å². The molecule has 0 unspecified atom stereocenters. The molecular formula is C13H13BrFN3O. The van der Waals surface area contributed by atoms with Crippen molar-refractivity contribution in [3.05, 3.63) is 34.2 Å². The van der Waals surface area contributed by atoms with Crippen LogP contribution in [0.3, 0.4) is 0 Å². The maximum atomic E-state index is 13.7. The van der Waals surface area contributed by atoms with Crippen LogP contribution in [-0.2, 0) is 0 Å². The third-order valence-corrected chi connectivity index (χ3v) is 3.61. The first kappa shape index (κ1) is 13.7. The molecule has 0 fully saturated rings. The van der Waals surface area contributed by atoms with Crippen LogP contribution in [0, 0.1) is 12.7 Å². The highest BCUT2D eigenvalue weighted by Gasteiger charge is 2.12. The fraction of sp³-hybridized carbons (Fsp3) is 0.231. The first-order valence-electron chi connectivity index (χ1n) is 5.62. The number of hydrogen-bond acceptors (Lipinski definition) is 4. The van der Waals surface area contributed by atoms with Crippen molar-refractivity contribution in [2.24, 2.45) is 0 Å². The van der Waals surface area contributed by atoms with Crippen molar-refractivity contribution < 1.29 is 9.13 Å². The van der Waals surface area contributed by atoms with Gasteiger partial charge in [0.1, 0.15) is 5.82 Å². The second-order valence-corrected chi connectivity index (χ2v) is 4.69. The zero-order chi connectivity index (χ0) is 14.0. The molecule has 0 amide bonds. The van der Waals surface area contributed by atoms with Crippen LogP contribution in [0.15, 0.2) is 22.7 Å². The van der Waals surface area contributed by atoms with Crippen LogP contribution in [0.4, 0.5) is 10.2 Å². The molecule has 1 heterocycles. The molecule has 100 valence electrons. The Kier molecular flexibility index (Phi) is 3.99. The van der Waals surface area contributed by atoms with Crippen molar-refractivity contribution in [2.75, 3.05) is 19.5 Å². The Labute approximate surface area is 119 Å². The summed E-state index contributed by atoms with van der Waals surface area (Å²) in [4.78, 5) is 8.68. The number of aromatic nitrogens is 2. The lowest BCUT2D eigenvalue weighted by Gasteiger charge is -2.09. The highest BCUT2D eigenvalue weighted by atomic mass is 79.9. The molecule has 1 aromatic carbocycles. The highest BCUT2D eigenvalue weighted by molar-refractivity contribution is 9.10. The van der Waals surface area contributed by atoms with E-state index in [4.69, 9.17) is 4.74 Å². The Morgan fingerprint density at radius 3 is 2.63 bits per heavy atom.